The number of anilines is 2. The topological polar surface area (TPSA) is 98.3 Å². The number of rotatable bonds is 4. The summed E-state index contributed by atoms with van der Waals surface area (Å²) >= 11 is 0. The van der Waals surface area contributed by atoms with Gasteiger partial charge in [-0.05, 0) is 37.1 Å². The molecule has 0 bridgehead atoms. The molecule has 6 heteroatoms. The first kappa shape index (κ1) is 16.0. The van der Waals surface area contributed by atoms with Crippen molar-refractivity contribution in [2.75, 3.05) is 10.6 Å². The summed E-state index contributed by atoms with van der Waals surface area (Å²) in [6.07, 6.45) is 2.72. The average Bonchev–Trinajstić information content (AvgIpc) is 2.48. The fourth-order valence-electron chi connectivity index (χ4n) is 2.80. The van der Waals surface area contributed by atoms with E-state index in [4.69, 9.17) is 0 Å². The molecule has 2 amide bonds. The van der Waals surface area contributed by atoms with Crippen LogP contribution in [0.25, 0.3) is 0 Å². The van der Waals surface area contributed by atoms with Gasteiger partial charge in [-0.2, -0.15) is 0 Å². The Morgan fingerprint density at radius 2 is 1.45 bits per heavy atom. The first-order chi connectivity index (χ1) is 10.5. The van der Waals surface area contributed by atoms with Crippen molar-refractivity contribution in [3.05, 3.63) is 24.3 Å². The van der Waals surface area contributed by atoms with E-state index in [0.717, 1.165) is 12.8 Å². The Morgan fingerprint density at radius 3 is 1.95 bits per heavy atom. The van der Waals surface area contributed by atoms with Crippen LogP contribution in [0.4, 0.5) is 11.4 Å². The van der Waals surface area contributed by atoms with Gasteiger partial charge in [0, 0.05) is 36.1 Å². The lowest BCUT2D eigenvalue weighted by Crippen LogP contribution is -2.42. The van der Waals surface area contributed by atoms with E-state index in [-0.39, 0.29) is 11.8 Å². The minimum absolute atomic E-state index is 0.171. The highest BCUT2D eigenvalue weighted by atomic mass is 16.4. The molecule has 1 aromatic rings. The average molecular weight is 303 g/mol. The first-order valence-corrected chi connectivity index (χ1v) is 7.37. The van der Waals surface area contributed by atoms with Crippen molar-refractivity contribution in [3.63, 3.8) is 0 Å². The molecule has 2 N–H and O–H groups in total. The monoisotopic (exact) mass is 303 g/mol. The standard InChI is InChI=1S/C16H20N2O4/c1-10(19)17-11-6-8-12(9-7-11)18-15(20)13-4-2-3-5-14(13)16(21)22/h6-9,13-14H,2-5H2,1H3,(H,17,19)(H,18,20)(H,21,22)/p-1/t13-,14-/m1/s1. The smallest absolute Gasteiger partial charge is 0.228 e. The number of amides is 2. The maximum atomic E-state index is 12.3. The molecule has 0 aliphatic heterocycles. The molecule has 6 nitrogen and oxygen atoms in total. The number of aliphatic carboxylic acids is 1. The molecular weight excluding hydrogens is 284 g/mol. The van der Waals surface area contributed by atoms with Gasteiger partial charge in [0.25, 0.3) is 0 Å². The minimum Gasteiger partial charge on any atom is -0.550 e. The summed E-state index contributed by atoms with van der Waals surface area (Å²) in [6.45, 7) is 1.42. The van der Waals surface area contributed by atoms with Gasteiger partial charge in [0.2, 0.25) is 11.8 Å². The Morgan fingerprint density at radius 1 is 0.955 bits per heavy atom. The Bertz CT molecular complexity index is 568. The summed E-state index contributed by atoms with van der Waals surface area (Å²) < 4.78 is 0. The number of nitrogens with one attached hydrogen (secondary N) is 2. The molecule has 0 saturated heterocycles. The molecule has 1 fully saturated rings. The number of hydrogen-bond donors (Lipinski definition) is 2. The van der Waals surface area contributed by atoms with Gasteiger partial charge < -0.3 is 20.5 Å². The molecule has 0 spiro atoms. The van der Waals surface area contributed by atoms with E-state index < -0.39 is 17.8 Å². The molecule has 0 heterocycles. The lowest BCUT2D eigenvalue weighted by molar-refractivity contribution is -0.313. The summed E-state index contributed by atoms with van der Waals surface area (Å²) in [4.78, 5) is 34.4. The van der Waals surface area contributed by atoms with E-state index in [9.17, 15) is 19.5 Å². The molecule has 1 aliphatic rings. The third-order valence-electron chi connectivity index (χ3n) is 3.88. The zero-order valence-corrected chi connectivity index (χ0v) is 12.4. The molecular formula is C16H19N2O4-. The van der Waals surface area contributed by atoms with Gasteiger partial charge in [-0.15, -0.1) is 0 Å². The van der Waals surface area contributed by atoms with E-state index in [1.165, 1.54) is 6.92 Å². The second kappa shape index (κ2) is 7.06. The third kappa shape index (κ3) is 4.07. The molecule has 2 rings (SSSR count). The van der Waals surface area contributed by atoms with Gasteiger partial charge in [0.05, 0.1) is 0 Å². The fourth-order valence-corrected chi connectivity index (χ4v) is 2.80. The van der Waals surface area contributed by atoms with Crippen molar-refractivity contribution in [2.24, 2.45) is 11.8 Å². The maximum absolute atomic E-state index is 12.3. The summed E-state index contributed by atoms with van der Waals surface area (Å²) in [7, 11) is 0. The highest BCUT2D eigenvalue weighted by molar-refractivity contribution is 5.95. The van der Waals surface area contributed by atoms with Crippen LogP contribution in [-0.4, -0.2) is 17.8 Å². The minimum atomic E-state index is -1.15. The molecule has 0 radical (unpaired) electrons. The zero-order chi connectivity index (χ0) is 16.1. The lowest BCUT2D eigenvalue weighted by Gasteiger charge is -2.31. The van der Waals surface area contributed by atoms with Crippen LogP contribution in [0.3, 0.4) is 0 Å². The predicted octanol–water partition coefficient (Wildman–Crippen LogP) is 1.14. The Labute approximate surface area is 128 Å². The molecule has 2 atom stereocenters. The van der Waals surface area contributed by atoms with Crippen molar-refractivity contribution < 1.29 is 19.5 Å². The highest BCUT2D eigenvalue weighted by Gasteiger charge is 2.31. The molecule has 0 aromatic heterocycles. The van der Waals surface area contributed by atoms with E-state index in [1.807, 2.05) is 0 Å². The van der Waals surface area contributed by atoms with Crippen LogP contribution >= 0.6 is 0 Å². The summed E-state index contributed by atoms with van der Waals surface area (Å²) in [5.74, 6) is -2.88. The van der Waals surface area contributed by atoms with Gasteiger partial charge in [-0.25, -0.2) is 0 Å². The SMILES string of the molecule is CC(=O)Nc1ccc(NC(=O)[C@@H]2CCCC[C@H]2C(=O)[O-])cc1. The van der Waals surface area contributed by atoms with Crippen LogP contribution in [0.1, 0.15) is 32.6 Å². The molecule has 1 saturated carbocycles. The number of carboxylic acid groups (broad SMARTS) is 1. The number of carbonyl (C=O) groups is 3. The van der Waals surface area contributed by atoms with Crippen LogP contribution in [0, 0.1) is 11.8 Å². The quantitative estimate of drug-likeness (QED) is 0.871. The number of benzene rings is 1. The molecule has 22 heavy (non-hydrogen) atoms. The maximum Gasteiger partial charge on any atom is 0.228 e. The third-order valence-corrected chi connectivity index (χ3v) is 3.88. The molecule has 0 unspecified atom stereocenters. The second-order valence-corrected chi connectivity index (χ2v) is 5.56. The number of hydrogen-bond acceptors (Lipinski definition) is 4. The Hall–Kier alpha value is -2.37. The predicted molar refractivity (Wildman–Crippen MR) is 79.8 cm³/mol. The van der Waals surface area contributed by atoms with Crippen molar-refractivity contribution in [1.82, 2.24) is 0 Å². The number of carboxylic acids is 1. The van der Waals surface area contributed by atoms with Crippen LogP contribution in [0.2, 0.25) is 0 Å². The van der Waals surface area contributed by atoms with Crippen molar-refractivity contribution in [1.29, 1.82) is 0 Å². The number of carbonyl (C=O) groups excluding carboxylic acids is 3. The van der Waals surface area contributed by atoms with Gasteiger partial charge in [-0.3, -0.25) is 9.59 Å². The zero-order valence-electron chi connectivity index (χ0n) is 12.4. The van der Waals surface area contributed by atoms with E-state index in [0.29, 0.717) is 24.2 Å². The summed E-state index contributed by atoms with van der Waals surface area (Å²) in [5.41, 5.74) is 1.21. The largest absolute Gasteiger partial charge is 0.550 e. The van der Waals surface area contributed by atoms with Crippen molar-refractivity contribution >= 4 is 29.2 Å². The van der Waals surface area contributed by atoms with Crippen LogP contribution < -0.4 is 15.7 Å². The fraction of sp³-hybridized carbons (Fsp3) is 0.438. The summed E-state index contributed by atoms with van der Waals surface area (Å²) in [6, 6.07) is 6.68. The van der Waals surface area contributed by atoms with Crippen LogP contribution in [0.5, 0.6) is 0 Å². The normalized spacial score (nSPS) is 21.0. The van der Waals surface area contributed by atoms with Crippen LogP contribution in [0.15, 0.2) is 24.3 Å². The second-order valence-electron chi connectivity index (χ2n) is 5.56. The molecule has 1 aromatic carbocycles. The van der Waals surface area contributed by atoms with E-state index >= 15 is 0 Å². The molecule has 118 valence electrons. The van der Waals surface area contributed by atoms with Crippen molar-refractivity contribution in [3.8, 4) is 0 Å². The van der Waals surface area contributed by atoms with Gasteiger partial charge in [0.1, 0.15) is 0 Å². The highest BCUT2D eigenvalue weighted by Crippen LogP contribution is 2.30. The van der Waals surface area contributed by atoms with Crippen molar-refractivity contribution in [2.45, 2.75) is 32.6 Å². The van der Waals surface area contributed by atoms with Crippen LogP contribution in [-0.2, 0) is 14.4 Å². The lowest BCUT2D eigenvalue weighted by atomic mass is 9.78. The van der Waals surface area contributed by atoms with Gasteiger partial charge in [0.15, 0.2) is 0 Å². The van der Waals surface area contributed by atoms with E-state index in [1.54, 1.807) is 24.3 Å². The Balaban J connectivity index is 2.01. The Kier molecular flexibility index (Phi) is 5.14. The van der Waals surface area contributed by atoms with E-state index in [2.05, 4.69) is 10.6 Å². The molecule has 1 aliphatic carbocycles. The summed E-state index contributed by atoms with van der Waals surface area (Å²) in [5, 5.41) is 16.5. The van der Waals surface area contributed by atoms with Gasteiger partial charge >= 0.3 is 0 Å². The first-order valence-electron chi connectivity index (χ1n) is 7.37. The van der Waals surface area contributed by atoms with Gasteiger partial charge in [-0.1, -0.05) is 12.8 Å².